The van der Waals surface area contributed by atoms with E-state index in [4.69, 9.17) is 4.74 Å². The molecule has 7 nitrogen and oxygen atoms in total. The first-order valence-corrected chi connectivity index (χ1v) is 11.1. The van der Waals surface area contributed by atoms with Crippen LogP contribution in [0.5, 0.6) is 5.88 Å². The van der Waals surface area contributed by atoms with E-state index in [1.807, 2.05) is 40.7 Å². The van der Waals surface area contributed by atoms with E-state index < -0.39 is 0 Å². The molecular weight excluding hydrogens is 435 g/mol. The summed E-state index contributed by atoms with van der Waals surface area (Å²) in [6, 6.07) is 11.1. The molecule has 0 aliphatic carbocycles. The molecule has 0 aliphatic heterocycles. The minimum absolute atomic E-state index is 0.121. The summed E-state index contributed by atoms with van der Waals surface area (Å²) in [4.78, 5) is 33.5. The van der Waals surface area contributed by atoms with Crippen molar-refractivity contribution < 1.29 is 18.7 Å². The Morgan fingerprint density at radius 1 is 1.06 bits per heavy atom. The molecule has 8 heteroatoms. The van der Waals surface area contributed by atoms with Crippen LogP contribution < -0.4 is 15.4 Å². The van der Waals surface area contributed by atoms with Crippen molar-refractivity contribution in [3.63, 3.8) is 0 Å². The van der Waals surface area contributed by atoms with Crippen molar-refractivity contribution in [2.45, 2.75) is 47.3 Å². The Morgan fingerprint density at radius 2 is 1.76 bits per heavy atom. The van der Waals surface area contributed by atoms with Crippen molar-refractivity contribution in [2.75, 3.05) is 5.32 Å². The molecule has 3 rings (SSSR count). The third-order valence-electron chi connectivity index (χ3n) is 5.18. The van der Waals surface area contributed by atoms with Gasteiger partial charge in [-0.3, -0.25) is 9.59 Å². The lowest BCUT2D eigenvalue weighted by Crippen LogP contribution is -2.27. The van der Waals surface area contributed by atoms with Gasteiger partial charge in [0.25, 0.3) is 5.91 Å². The van der Waals surface area contributed by atoms with E-state index in [2.05, 4.69) is 20.6 Å². The molecule has 1 unspecified atom stereocenters. The van der Waals surface area contributed by atoms with Crippen molar-refractivity contribution in [3.05, 3.63) is 82.4 Å². The summed E-state index contributed by atoms with van der Waals surface area (Å²) in [6.45, 7) is 9.37. The van der Waals surface area contributed by atoms with Gasteiger partial charge in [0.15, 0.2) is 0 Å². The largest absolute Gasteiger partial charge is 0.473 e. The van der Waals surface area contributed by atoms with Crippen LogP contribution in [0.15, 0.2) is 48.7 Å². The van der Waals surface area contributed by atoms with Crippen molar-refractivity contribution in [2.24, 2.45) is 5.92 Å². The lowest BCUT2D eigenvalue weighted by molar-refractivity contribution is -0.118. The van der Waals surface area contributed by atoms with Gasteiger partial charge in [0.1, 0.15) is 18.2 Å². The molecule has 0 saturated carbocycles. The van der Waals surface area contributed by atoms with Crippen LogP contribution in [0, 0.1) is 25.6 Å². The molecule has 0 fully saturated rings. The number of benzene rings is 1. The quantitative estimate of drug-likeness (QED) is 0.495. The number of rotatable bonds is 8. The highest BCUT2D eigenvalue weighted by Gasteiger charge is 2.16. The van der Waals surface area contributed by atoms with Gasteiger partial charge in [-0.15, -0.1) is 0 Å². The summed E-state index contributed by atoms with van der Waals surface area (Å²) in [7, 11) is 0. The molecule has 1 aromatic carbocycles. The number of nitrogens with zero attached hydrogens (tertiary/aromatic N) is 2. The van der Waals surface area contributed by atoms with Gasteiger partial charge >= 0.3 is 0 Å². The average Bonchev–Trinajstić information content (AvgIpc) is 2.78. The monoisotopic (exact) mass is 464 g/mol. The number of carbonyl (C=O) groups excluding carboxylic acids is 2. The minimum Gasteiger partial charge on any atom is -0.473 e. The highest BCUT2D eigenvalue weighted by Crippen LogP contribution is 2.21. The second-order valence-electron chi connectivity index (χ2n) is 8.53. The van der Waals surface area contributed by atoms with Gasteiger partial charge in [-0.25, -0.2) is 14.4 Å². The van der Waals surface area contributed by atoms with Gasteiger partial charge in [-0.05, 0) is 62.2 Å². The predicted octanol–water partition coefficient (Wildman–Crippen LogP) is 4.90. The highest BCUT2D eigenvalue weighted by atomic mass is 19.1. The van der Waals surface area contributed by atoms with E-state index in [0.717, 1.165) is 16.8 Å². The summed E-state index contributed by atoms with van der Waals surface area (Å²) in [5, 5.41) is 5.75. The number of nitrogens with one attached hydrogen (secondary N) is 2. The lowest BCUT2D eigenvalue weighted by atomic mass is 10.1. The number of anilines is 1. The number of halogens is 1. The first-order valence-electron chi connectivity index (χ1n) is 11.1. The molecule has 178 valence electrons. The number of amides is 2. The van der Waals surface area contributed by atoms with Crippen LogP contribution in [0.3, 0.4) is 0 Å². The standard InChI is InChI=1S/C26H29FN4O3/c1-15(2)24(32)31-23-12-20(11-17(4)29-23)18(5)30-25(33)21-10-16(3)26(28-13-21)34-14-19-6-8-22(27)9-7-19/h6-13,15,18H,14H2,1-5H3,(H,30,33)(H,29,31,32). The summed E-state index contributed by atoms with van der Waals surface area (Å²) in [5.74, 6) is -0.0130. The number of pyridine rings is 2. The van der Waals surface area contributed by atoms with E-state index in [1.54, 1.807) is 24.3 Å². The minimum atomic E-state index is -0.321. The van der Waals surface area contributed by atoms with Gasteiger partial charge < -0.3 is 15.4 Å². The average molecular weight is 465 g/mol. The van der Waals surface area contributed by atoms with Gasteiger partial charge in [0.2, 0.25) is 11.8 Å². The Bertz CT molecular complexity index is 1180. The number of carbonyl (C=O) groups is 2. The zero-order chi connectivity index (χ0) is 24.8. The number of ether oxygens (including phenoxy) is 1. The van der Waals surface area contributed by atoms with Crippen LogP contribution in [-0.4, -0.2) is 21.8 Å². The fraction of sp³-hybridized carbons (Fsp3) is 0.308. The van der Waals surface area contributed by atoms with Crippen molar-refractivity contribution >= 4 is 17.6 Å². The van der Waals surface area contributed by atoms with Crippen LogP contribution in [0.25, 0.3) is 0 Å². The zero-order valence-corrected chi connectivity index (χ0v) is 20.0. The lowest BCUT2D eigenvalue weighted by Gasteiger charge is -2.17. The Morgan fingerprint density at radius 3 is 2.41 bits per heavy atom. The fourth-order valence-electron chi connectivity index (χ4n) is 3.21. The summed E-state index contributed by atoms with van der Waals surface area (Å²) in [5.41, 5.74) is 3.48. The molecule has 2 heterocycles. The van der Waals surface area contributed by atoms with E-state index in [9.17, 15) is 14.0 Å². The van der Waals surface area contributed by atoms with Gasteiger partial charge in [-0.2, -0.15) is 0 Å². The maximum atomic E-state index is 13.0. The predicted molar refractivity (Wildman–Crippen MR) is 128 cm³/mol. The van der Waals surface area contributed by atoms with Crippen molar-refractivity contribution in [1.29, 1.82) is 0 Å². The molecule has 0 bridgehead atoms. The molecule has 0 saturated heterocycles. The van der Waals surface area contributed by atoms with Crippen molar-refractivity contribution in [3.8, 4) is 5.88 Å². The molecule has 0 spiro atoms. The van der Waals surface area contributed by atoms with Crippen LogP contribution in [0.4, 0.5) is 10.2 Å². The Labute approximate surface area is 198 Å². The molecule has 0 aliphatic rings. The molecule has 0 radical (unpaired) electrons. The number of hydrogen-bond donors (Lipinski definition) is 2. The Hall–Kier alpha value is -3.81. The maximum Gasteiger partial charge on any atom is 0.253 e. The topological polar surface area (TPSA) is 93.2 Å². The van der Waals surface area contributed by atoms with E-state index in [0.29, 0.717) is 22.8 Å². The zero-order valence-electron chi connectivity index (χ0n) is 20.0. The van der Waals surface area contributed by atoms with Crippen LogP contribution in [-0.2, 0) is 11.4 Å². The maximum absolute atomic E-state index is 13.0. The molecule has 2 aromatic heterocycles. The molecule has 1 atom stereocenters. The Kier molecular flexibility index (Phi) is 7.94. The smallest absolute Gasteiger partial charge is 0.253 e. The van der Waals surface area contributed by atoms with Gasteiger partial charge in [0, 0.05) is 23.4 Å². The molecular formula is C26H29FN4O3. The molecule has 2 amide bonds. The van der Waals surface area contributed by atoms with Crippen LogP contribution in [0.2, 0.25) is 0 Å². The first-order chi connectivity index (χ1) is 16.1. The SMILES string of the molecule is Cc1cc(C(C)NC(=O)c2cnc(OCc3ccc(F)cc3)c(C)c2)cc(NC(=O)C(C)C)n1. The second-order valence-corrected chi connectivity index (χ2v) is 8.53. The van der Waals surface area contributed by atoms with E-state index in [1.165, 1.54) is 18.3 Å². The van der Waals surface area contributed by atoms with Crippen LogP contribution in [0.1, 0.15) is 59.6 Å². The fourth-order valence-corrected chi connectivity index (χ4v) is 3.21. The second kappa shape index (κ2) is 10.9. The number of aromatic nitrogens is 2. The highest BCUT2D eigenvalue weighted by molar-refractivity contribution is 5.94. The van der Waals surface area contributed by atoms with Crippen LogP contribution >= 0.6 is 0 Å². The molecule has 34 heavy (non-hydrogen) atoms. The first kappa shape index (κ1) is 24.8. The van der Waals surface area contributed by atoms with Gasteiger partial charge in [-0.1, -0.05) is 26.0 Å². The molecule has 2 N–H and O–H groups in total. The van der Waals surface area contributed by atoms with E-state index in [-0.39, 0.29) is 36.2 Å². The van der Waals surface area contributed by atoms with Crippen molar-refractivity contribution in [1.82, 2.24) is 15.3 Å². The summed E-state index contributed by atoms with van der Waals surface area (Å²) >= 11 is 0. The third-order valence-corrected chi connectivity index (χ3v) is 5.18. The third kappa shape index (κ3) is 6.60. The summed E-state index contributed by atoms with van der Waals surface area (Å²) in [6.07, 6.45) is 1.46. The summed E-state index contributed by atoms with van der Waals surface area (Å²) < 4.78 is 18.8. The number of hydrogen-bond acceptors (Lipinski definition) is 5. The number of aryl methyl sites for hydroxylation is 2. The Balaban J connectivity index is 1.65. The van der Waals surface area contributed by atoms with E-state index >= 15 is 0 Å². The molecule has 3 aromatic rings. The van der Waals surface area contributed by atoms with Gasteiger partial charge in [0.05, 0.1) is 11.6 Å². The normalized spacial score (nSPS) is 11.7.